The molecule has 0 bridgehead atoms. The molecule has 0 aliphatic heterocycles. The predicted molar refractivity (Wildman–Crippen MR) is 74.7 cm³/mol. The normalized spacial score (nSPS) is 20.7. The van der Waals surface area contributed by atoms with Crippen LogP contribution in [0.1, 0.15) is 48.2 Å². The standard InChI is InChI=1S/C14H24N2S/c1-10-11(2)17-13(16-10)9-12(15-4)14(3)7-5-6-8-14/h12,15H,5-9H2,1-4H3. The van der Waals surface area contributed by atoms with Crippen molar-refractivity contribution < 1.29 is 0 Å². The molecule has 0 spiro atoms. The average Bonchev–Trinajstić information content (AvgIpc) is 2.84. The largest absolute Gasteiger partial charge is 0.316 e. The van der Waals surface area contributed by atoms with Crippen LogP contribution in [0.3, 0.4) is 0 Å². The van der Waals surface area contributed by atoms with Gasteiger partial charge in [0.1, 0.15) is 0 Å². The molecular weight excluding hydrogens is 228 g/mol. The smallest absolute Gasteiger partial charge is 0.0946 e. The zero-order valence-electron chi connectivity index (χ0n) is 11.5. The lowest BCUT2D eigenvalue weighted by Gasteiger charge is -2.33. The summed E-state index contributed by atoms with van der Waals surface area (Å²) in [6, 6.07) is 0.579. The molecule has 1 aromatic heterocycles. The van der Waals surface area contributed by atoms with Crippen molar-refractivity contribution in [2.75, 3.05) is 7.05 Å². The average molecular weight is 252 g/mol. The van der Waals surface area contributed by atoms with E-state index >= 15 is 0 Å². The summed E-state index contributed by atoms with van der Waals surface area (Å²) in [5, 5.41) is 4.83. The number of thiazole rings is 1. The molecular formula is C14H24N2S. The van der Waals surface area contributed by atoms with Crippen LogP contribution in [0.2, 0.25) is 0 Å². The van der Waals surface area contributed by atoms with E-state index in [1.807, 2.05) is 11.3 Å². The molecule has 1 aliphatic carbocycles. The molecule has 2 rings (SSSR count). The highest BCUT2D eigenvalue weighted by molar-refractivity contribution is 7.11. The molecule has 0 saturated heterocycles. The summed E-state index contributed by atoms with van der Waals surface area (Å²) in [4.78, 5) is 6.05. The summed E-state index contributed by atoms with van der Waals surface area (Å²) in [6.07, 6.45) is 6.60. The third kappa shape index (κ3) is 2.71. The van der Waals surface area contributed by atoms with Crippen LogP contribution in [-0.2, 0) is 6.42 Å². The van der Waals surface area contributed by atoms with Gasteiger partial charge in [-0.1, -0.05) is 19.8 Å². The first-order valence-electron chi connectivity index (χ1n) is 6.65. The van der Waals surface area contributed by atoms with Crippen molar-refractivity contribution in [3.63, 3.8) is 0 Å². The second-order valence-corrected chi connectivity index (χ2v) is 6.94. The zero-order chi connectivity index (χ0) is 12.5. The van der Waals surface area contributed by atoms with Crippen LogP contribution in [0.5, 0.6) is 0 Å². The van der Waals surface area contributed by atoms with Gasteiger partial charge in [-0.05, 0) is 39.2 Å². The minimum Gasteiger partial charge on any atom is -0.316 e. The molecule has 1 heterocycles. The van der Waals surface area contributed by atoms with Gasteiger partial charge in [-0.15, -0.1) is 11.3 Å². The predicted octanol–water partition coefficient (Wildman–Crippen LogP) is 3.47. The minimum atomic E-state index is 0.474. The molecule has 1 saturated carbocycles. The van der Waals surface area contributed by atoms with Crippen molar-refractivity contribution in [2.24, 2.45) is 5.41 Å². The summed E-state index contributed by atoms with van der Waals surface area (Å²) in [6.45, 7) is 6.72. The van der Waals surface area contributed by atoms with Gasteiger partial charge in [0.25, 0.3) is 0 Å². The van der Waals surface area contributed by atoms with Crippen molar-refractivity contribution in [3.05, 3.63) is 15.6 Å². The summed E-state index contributed by atoms with van der Waals surface area (Å²) < 4.78 is 0. The zero-order valence-corrected chi connectivity index (χ0v) is 12.3. The molecule has 17 heavy (non-hydrogen) atoms. The number of hydrogen-bond donors (Lipinski definition) is 1. The molecule has 0 radical (unpaired) electrons. The Bertz CT molecular complexity index is 358. The van der Waals surface area contributed by atoms with Crippen molar-refractivity contribution in [1.82, 2.24) is 10.3 Å². The second kappa shape index (κ2) is 5.07. The Kier molecular flexibility index (Phi) is 3.88. The first kappa shape index (κ1) is 13.0. The van der Waals surface area contributed by atoms with Gasteiger partial charge in [0.05, 0.1) is 10.7 Å². The number of rotatable bonds is 4. The van der Waals surface area contributed by atoms with Gasteiger partial charge in [0, 0.05) is 17.3 Å². The van der Waals surface area contributed by atoms with E-state index in [-0.39, 0.29) is 0 Å². The van der Waals surface area contributed by atoms with E-state index in [2.05, 4.69) is 38.1 Å². The van der Waals surface area contributed by atoms with Crippen molar-refractivity contribution >= 4 is 11.3 Å². The highest BCUT2D eigenvalue weighted by Crippen LogP contribution is 2.41. The molecule has 1 fully saturated rings. The maximum absolute atomic E-state index is 4.68. The van der Waals surface area contributed by atoms with E-state index in [0.717, 1.165) is 6.42 Å². The van der Waals surface area contributed by atoms with E-state index in [0.29, 0.717) is 11.5 Å². The Morgan fingerprint density at radius 2 is 2.00 bits per heavy atom. The van der Waals surface area contributed by atoms with Crippen molar-refractivity contribution in [1.29, 1.82) is 0 Å². The molecule has 1 aliphatic rings. The molecule has 1 aromatic rings. The number of aryl methyl sites for hydroxylation is 2. The van der Waals surface area contributed by atoms with E-state index in [9.17, 15) is 0 Å². The van der Waals surface area contributed by atoms with Crippen molar-refractivity contribution in [2.45, 2.75) is 58.9 Å². The number of likely N-dealkylation sites (N-methyl/N-ethyl adjacent to an activating group) is 1. The van der Waals surface area contributed by atoms with Crippen LogP contribution in [0, 0.1) is 19.3 Å². The first-order chi connectivity index (χ1) is 8.05. The minimum absolute atomic E-state index is 0.474. The van der Waals surface area contributed by atoms with Crippen LogP contribution >= 0.6 is 11.3 Å². The maximum atomic E-state index is 4.68. The van der Waals surface area contributed by atoms with Crippen LogP contribution < -0.4 is 5.32 Å². The van der Waals surface area contributed by atoms with Gasteiger partial charge >= 0.3 is 0 Å². The summed E-state index contributed by atoms with van der Waals surface area (Å²) in [7, 11) is 2.10. The van der Waals surface area contributed by atoms with Gasteiger partial charge in [0.2, 0.25) is 0 Å². The van der Waals surface area contributed by atoms with Crippen LogP contribution in [0.4, 0.5) is 0 Å². The van der Waals surface area contributed by atoms with Gasteiger partial charge in [-0.25, -0.2) is 4.98 Å². The van der Waals surface area contributed by atoms with E-state index < -0.39 is 0 Å². The highest BCUT2D eigenvalue weighted by Gasteiger charge is 2.36. The quantitative estimate of drug-likeness (QED) is 0.887. The topological polar surface area (TPSA) is 24.9 Å². The third-order valence-corrected chi connectivity index (χ3v) is 5.48. The van der Waals surface area contributed by atoms with Crippen LogP contribution in [0.15, 0.2) is 0 Å². The SMILES string of the molecule is CNC(Cc1nc(C)c(C)s1)C1(C)CCCC1. The van der Waals surface area contributed by atoms with E-state index in [4.69, 9.17) is 0 Å². The molecule has 2 nitrogen and oxygen atoms in total. The van der Waals surface area contributed by atoms with Gasteiger partial charge < -0.3 is 5.32 Å². The summed E-state index contributed by atoms with van der Waals surface area (Å²) in [5.74, 6) is 0. The highest BCUT2D eigenvalue weighted by atomic mass is 32.1. The van der Waals surface area contributed by atoms with E-state index in [1.54, 1.807) is 0 Å². The Hall–Kier alpha value is -0.410. The molecule has 96 valence electrons. The molecule has 1 N–H and O–H groups in total. The van der Waals surface area contributed by atoms with Crippen LogP contribution in [-0.4, -0.2) is 18.1 Å². The van der Waals surface area contributed by atoms with Gasteiger partial charge in [-0.3, -0.25) is 0 Å². The maximum Gasteiger partial charge on any atom is 0.0946 e. The number of hydrogen-bond acceptors (Lipinski definition) is 3. The molecule has 0 amide bonds. The first-order valence-corrected chi connectivity index (χ1v) is 7.47. The second-order valence-electron chi connectivity index (χ2n) is 5.66. The number of nitrogens with zero attached hydrogens (tertiary/aromatic N) is 1. The Labute approximate surface area is 109 Å². The summed E-state index contributed by atoms with van der Waals surface area (Å²) >= 11 is 1.86. The molecule has 1 atom stereocenters. The Morgan fingerprint density at radius 3 is 2.47 bits per heavy atom. The monoisotopic (exact) mass is 252 g/mol. The van der Waals surface area contributed by atoms with Gasteiger partial charge in [-0.2, -0.15) is 0 Å². The number of aromatic nitrogens is 1. The lowest BCUT2D eigenvalue weighted by atomic mass is 9.79. The summed E-state index contributed by atoms with van der Waals surface area (Å²) in [5.41, 5.74) is 1.68. The fourth-order valence-corrected chi connectivity index (χ4v) is 4.01. The van der Waals surface area contributed by atoms with E-state index in [1.165, 1.54) is 41.3 Å². The third-order valence-electron chi connectivity index (χ3n) is 4.39. The fraction of sp³-hybridized carbons (Fsp3) is 0.786. The number of nitrogens with one attached hydrogen (secondary N) is 1. The molecule has 0 aromatic carbocycles. The Morgan fingerprint density at radius 1 is 1.35 bits per heavy atom. The van der Waals surface area contributed by atoms with Gasteiger partial charge in [0.15, 0.2) is 0 Å². The Balaban J connectivity index is 2.09. The molecule has 3 heteroatoms. The lowest BCUT2D eigenvalue weighted by Crippen LogP contribution is -2.41. The van der Waals surface area contributed by atoms with Crippen molar-refractivity contribution in [3.8, 4) is 0 Å². The lowest BCUT2D eigenvalue weighted by molar-refractivity contribution is 0.229. The fourth-order valence-electron chi connectivity index (χ4n) is 3.03. The molecule has 1 unspecified atom stereocenters. The van der Waals surface area contributed by atoms with Crippen LogP contribution in [0.25, 0.3) is 0 Å².